The topological polar surface area (TPSA) is 51.2 Å². The van der Waals surface area contributed by atoms with Gasteiger partial charge in [0.15, 0.2) is 5.13 Å². The SMILES string of the molecule is COc1ccccc1-c1csc(NC(=O)/C=C/c2ccc(Cl)cc2)n1. The fourth-order valence-electron chi connectivity index (χ4n) is 2.20. The molecule has 6 heteroatoms. The van der Waals surface area contributed by atoms with Crippen molar-refractivity contribution in [2.75, 3.05) is 12.4 Å². The number of rotatable bonds is 5. The monoisotopic (exact) mass is 370 g/mol. The standard InChI is InChI=1S/C19H15ClN2O2S/c1-24-17-5-3-2-4-15(17)16-12-25-19(21-16)22-18(23)11-8-13-6-9-14(20)10-7-13/h2-12H,1H3,(H,21,22,23)/b11-8+. The van der Waals surface area contributed by atoms with E-state index in [0.29, 0.717) is 10.2 Å². The minimum Gasteiger partial charge on any atom is -0.496 e. The molecular weight excluding hydrogens is 356 g/mol. The number of amides is 1. The third-order valence-corrected chi connectivity index (χ3v) is 4.42. The van der Waals surface area contributed by atoms with Crippen LogP contribution in [0.25, 0.3) is 17.3 Å². The Hall–Kier alpha value is -2.63. The molecular formula is C19H15ClN2O2S. The van der Waals surface area contributed by atoms with Crippen molar-refractivity contribution in [2.24, 2.45) is 0 Å². The number of halogens is 1. The molecule has 126 valence electrons. The van der Waals surface area contributed by atoms with E-state index in [-0.39, 0.29) is 5.91 Å². The van der Waals surface area contributed by atoms with Gasteiger partial charge in [-0.1, -0.05) is 35.9 Å². The van der Waals surface area contributed by atoms with Crippen LogP contribution in [0.2, 0.25) is 5.02 Å². The maximum atomic E-state index is 12.0. The first kappa shape index (κ1) is 17.2. The number of para-hydroxylation sites is 1. The van der Waals surface area contributed by atoms with Crippen LogP contribution in [0.4, 0.5) is 5.13 Å². The molecule has 1 heterocycles. The molecule has 25 heavy (non-hydrogen) atoms. The summed E-state index contributed by atoms with van der Waals surface area (Å²) in [6.07, 6.45) is 3.19. The number of carbonyl (C=O) groups excluding carboxylic acids is 1. The second kappa shape index (κ2) is 7.96. The molecule has 4 nitrogen and oxygen atoms in total. The Morgan fingerprint density at radius 3 is 2.72 bits per heavy atom. The molecule has 0 radical (unpaired) electrons. The minimum atomic E-state index is -0.240. The number of nitrogens with one attached hydrogen (secondary N) is 1. The van der Waals surface area contributed by atoms with Crippen LogP contribution in [-0.4, -0.2) is 18.0 Å². The van der Waals surface area contributed by atoms with E-state index in [9.17, 15) is 4.79 Å². The molecule has 0 fully saturated rings. The molecule has 3 rings (SSSR count). The maximum absolute atomic E-state index is 12.0. The number of thiazole rings is 1. The highest BCUT2D eigenvalue weighted by atomic mass is 35.5. The van der Waals surface area contributed by atoms with Gasteiger partial charge in [-0.25, -0.2) is 4.98 Å². The summed E-state index contributed by atoms with van der Waals surface area (Å²) in [5, 5.41) is 5.85. The summed E-state index contributed by atoms with van der Waals surface area (Å²) in [6, 6.07) is 14.9. The largest absolute Gasteiger partial charge is 0.496 e. The highest BCUT2D eigenvalue weighted by Gasteiger charge is 2.10. The van der Waals surface area contributed by atoms with Gasteiger partial charge in [0.1, 0.15) is 5.75 Å². The van der Waals surface area contributed by atoms with Gasteiger partial charge in [0.25, 0.3) is 0 Å². The number of aromatic nitrogens is 1. The molecule has 0 atom stereocenters. The van der Waals surface area contributed by atoms with Gasteiger partial charge in [0, 0.05) is 22.0 Å². The molecule has 0 aliphatic carbocycles. The smallest absolute Gasteiger partial charge is 0.250 e. The fourth-order valence-corrected chi connectivity index (χ4v) is 3.04. The van der Waals surface area contributed by atoms with Crippen LogP contribution in [0, 0.1) is 0 Å². The van der Waals surface area contributed by atoms with Gasteiger partial charge in [-0.3, -0.25) is 10.1 Å². The number of carbonyl (C=O) groups is 1. The van der Waals surface area contributed by atoms with Gasteiger partial charge >= 0.3 is 0 Å². The molecule has 1 aromatic heterocycles. The zero-order chi connectivity index (χ0) is 17.6. The van der Waals surface area contributed by atoms with Crippen molar-refractivity contribution in [1.29, 1.82) is 0 Å². The van der Waals surface area contributed by atoms with Crippen LogP contribution >= 0.6 is 22.9 Å². The van der Waals surface area contributed by atoms with Crippen LogP contribution in [-0.2, 0) is 4.79 Å². The molecule has 3 aromatic rings. The molecule has 0 spiro atoms. The maximum Gasteiger partial charge on any atom is 0.250 e. The number of hydrogen-bond acceptors (Lipinski definition) is 4. The zero-order valence-corrected chi connectivity index (χ0v) is 15.0. The Morgan fingerprint density at radius 1 is 1.20 bits per heavy atom. The molecule has 0 aliphatic heterocycles. The molecule has 0 aliphatic rings. The van der Waals surface area contributed by atoms with Crippen molar-refractivity contribution in [3.8, 4) is 17.0 Å². The molecule has 1 N–H and O–H groups in total. The average Bonchev–Trinajstić information content (AvgIpc) is 3.09. The van der Waals surface area contributed by atoms with Crippen molar-refractivity contribution in [3.63, 3.8) is 0 Å². The number of ether oxygens (including phenoxy) is 1. The molecule has 0 saturated heterocycles. The molecule has 2 aromatic carbocycles. The third kappa shape index (κ3) is 4.47. The number of anilines is 1. The number of methoxy groups -OCH3 is 1. The first-order chi connectivity index (χ1) is 12.2. The summed E-state index contributed by atoms with van der Waals surface area (Å²) >= 11 is 7.20. The minimum absolute atomic E-state index is 0.240. The Labute approximate surface area is 154 Å². The summed E-state index contributed by atoms with van der Waals surface area (Å²) < 4.78 is 5.34. The van der Waals surface area contributed by atoms with E-state index >= 15 is 0 Å². The van der Waals surface area contributed by atoms with E-state index in [0.717, 1.165) is 22.6 Å². The van der Waals surface area contributed by atoms with Crippen molar-refractivity contribution in [1.82, 2.24) is 4.98 Å². The number of nitrogens with zero attached hydrogens (tertiary/aromatic N) is 1. The van der Waals surface area contributed by atoms with Crippen molar-refractivity contribution < 1.29 is 9.53 Å². The lowest BCUT2D eigenvalue weighted by atomic mass is 10.1. The van der Waals surface area contributed by atoms with E-state index in [1.54, 1.807) is 25.3 Å². The van der Waals surface area contributed by atoms with Crippen LogP contribution < -0.4 is 10.1 Å². The number of hydrogen-bond donors (Lipinski definition) is 1. The Balaban J connectivity index is 1.68. The van der Waals surface area contributed by atoms with E-state index in [2.05, 4.69) is 10.3 Å². The molecule has 0 saturated carbocycles. The van der Waals surface area contributed by atoms with Crippen molar-refractivity contribution in [2.45, 2.75) is 0 Å². The lowest BCUT2D eigenvalue weighted by molar-refractivity contribution is -0.111. The summed E-state index contributed by atoms with van der Waals surface area (Å²) in [6.45, 7) is 0. The molecule has 0 unspecified atom stereocenters. The summed E-state index contributed by atoms with van der Waals surface area (Å²) in [4.78, 5) is 16.5. The van der Waals surface area contributed by atoms with Crippen molar-refractivity contribution >= 4 is 40.1 Å². The molecule has 0 bridgehead atoms. The predicted molar refractivity (Wildman–Crippen MR) is 103 cm³/mol. The predicted octanol–water partition coefficient (Wildman–Crippen LogP) is 5.12. The average molecular weight is 371 g/mol. The van der Waals surface area contributed by atoms with E-state index in [1.807, 2.05) is 41.8 Å². The van der Waals surface area contributed by atoms with Gasteiger partial charge < -0.3 is 4.74 Å². The van der Waals surface area contributed by atoms with Gasteiger partial charge in [-0.15, -0.1) is 11.3 Å². The second-order valence-corrected chi connectivity index (χ2v) is 6.41. The quantitative estimate of drug-likeness (QED) is 0.634. The first-order valence-electron chi connectivity index (χ1n) is 7.49. The lowest BCUT2D eigenvalue weighted by Crippen LogP contribution is -2.07. The van der Waals surface area contributed by atoms with Crippen LogP contribution in [0.1, 0.15) is 5.56 Å². The van der Waals surface area contributed by atoms with Crippen LogP contribution in [0.5, 0.6) is 5.75 Å². The summed E-state index contributed by atoms with van der Waals surface area (Å²) in [7, 11) is 1.62. The van der Waals surface area contributed by atoms with E-state index < -0.39 is 0 Å². The summed E-state index contributed by atoms with van der Waals surface area (Å²) in [5.74, 6) is 0.504. The Kier molecular flexibility index (Phi) is 5.48. The zero-order valence-electron chi connectivity index (χ0n) is 13.4. The first-order valence-corrected chi connectivity index (χ1v) is 8.75. The van der Waals surface area contributed by atoms with Gasteiger partial charge in [0.05, 0.1) is 12.8 Å². The Morgan fingerprint density at radius 2 is 1.96 bits per heavy atom. The van der Waals surface area contributed by atoms with Gasteiger partial charge in [-0.2, -0.15) is 0 Å². The van der Waals surface area contributed by atoms with Crippen LogP contribution in [0.15, 0.2) is 60.0 Å². The normalized spacial score (nSPS) is 10.8. The van der Waals surface area contributed by atoms with Crippen molar-refractivity contribution in [3.05, 3.63) is 70.6 Å². The summed E-state index contributed by atoms with van der Waals surface area (Å²) in [5.41, 5.74) is 2.55. The lowest BCUT2D eigenvalue weighted by Gasteiger charge is -2.04. The van der Waals surface area contributed by atoms with E-state index in [1.165, 1.54) is 17.4 Å². The molecule has 1 amide bonds. The highest BCUT2D eigenvalue weighted by Crippen LogP contribution is 2.31. The highest BCUT2D eigenvalue weighted by molar-refractivity contribution is 7.14. The van der Waals surface area contributed by atoms with Gasteiger partial charge in [0.2, 0.25) is 5.91 Å². The van der Waals surface area contributed by atoms with Gasteiger partial charge in [-0.05, 0) is 35.9 Å². The number of benzene rings is 2. The Bertz CT molecular complexity index is 904. The second-order valence-electron chi connectivity index (χ2n) is 5.11. The third-order valence-electron chi connectivity index (χ3n) is 3.41. The fraction of sp³-hybridized carbons (Fsp3) is 0.0526. The van der Waals surface area contributed by atoms with E-state index in [4.69, 9.17) is 16.3 Å². The van der Waals surface area contributed by atoms with Crippen LogP contribution in [0.3, 0.4) is 0 Å².